The van der Waals surface area contributed by atoms with Crippen molar-refractivity contribution in [2.75, 3.05) is 19.8 Å². The number of carbonyl (C=O) groups is 2. The van der Waals surface area contributed by atoms with E-state index in [4.69, 9.17) is 9.57 Å². The maximum Gasteiger partial charge on any atom is 1.00 e. The standard InChI is InChI=1S/C14H23N3O8S.Na/c18-13(15-24-9-11-4-2-1-3-7-23-11)12-6-5-10-8-16(12)14(19)17(10)25-26(20,21)22;/h10-12H,1-9H2,(H,15,18)(H,20,21,22);/q;+1/p-1/t10-,11?,12+;/m1./s1. The van der Waals surface area contributed by atoms with E-state index < -0.39 is 34.4 Å². The number of hydrogen-bond donors (Lipinski definition) is 1. The molecule has 0 saturated carbocycles. The molecule has 0 spiro atoms. The SMILES string of the molecule is O=C(NOCC1CCCCCO1)[C@@H]1CC[C@@H]2CN1C(=O)N2OS(=O)(=O)[O-].[Na+]. The molecular formula is C14H22N3NaO8S. The van der Waals surface area contributed by atoms with Crippen molar-refractivity contribution >= 4 is 22.3 Å². The largest absolute Gasteiger partial charge is 1.00 e. The van der Waals surface area contributed by atoms with Crippen LogP contribution in [0.1, 0.15) is 38.5 Å². The van der Waals surface area contributed by atoms with Crippen molar-refractivity contribution in [3.63, 3.8) is 0 Å². The minimum absolute atomic E-state index is 0. The predicted octanol–water partition coefficient (Wildman–Crippen LogP) is -3.34. The Balaban J connectivity index is 0.00000261. The van der Waals surface area contributed by atoms with E-state index >= 15 is 0 Å². The Hall–Kier alpha value is -0.470. The number of carbonyl (C=O) groups excluding carboxylic acids is 2. The second kappa shape index (κ2) is 9.83. The summed E-state index contributed by atoms with van der Waals surface area (Å²) in [6, 6.07) is -2.20. The van der Waals surface area contributed by atoms with Crippen molar-refractivity contribution in [3.05, 3.63) is 0 Å². The third-order valence-corrected chi connectivity index (χ3v) is 5.11. The van der Waals surface area contributed by atoms with Crippen molar-refractivity contribution in [1.82, 2.24) is 15.4 Å². The molecule has 13 heteroatoms. The van der Waals surface area contributed by atoms with Crippen LogP contribution in [0.3, 0.4) is 0 Å². The van der Waals surface area contributed by atoms with Crippen molar-refractivity contribution in [2.24, 2.45) is 0 Å². The van der Waals surface area contributed by atoms with Crippen LogP contribution in [-0.2, 0) is 29.1 Å². The smallest absolute Gasteiger partial charge is 0.724 e. The van der Waals surface area contributed by atoms with Crippen molar-refractivity contribution in [3.8, 4) is 0 Å². The molecule has 0 aromatic carbocycles. The van der Waals surface area contributed by atoms with E-state index in [1.807, 2.05) is 0 Å². The fourth-order valence-electron chi connectivity index (χ4n) is 3.49. The summed E-state index contributed by atoms with van der Waals surface area (Å²) in [6.45, 7) is 1.00. The van der Waals surface area contributed by atoms with Crippen LogP contribution in [0.2, 0.25) is 0 Å². The van der Waals surface area contributed by atoms with Gasteiger partial charge in [-0.25, -0.2) is 18.7 Å². The molecule has 0 aliphatic carbocycles. The number of urea groups is 1. The number of rotatable bonds is 6. The minimum atomic E-state index is -5.06. The fraction of sp³-hybridized carbons (Fsp3) is 0.857. The van der Waals surface area contributed by atoms with Gasteiger partial charge < -0.3 is 14.2 Å². The van der Waals surface area contributed by atoms with Crippen LogP contribution in [0.25, 0.3) is 0 Å². The normalized spacial score (nSPS) is 28.5. The molecule has 3 rings (SSSR count). The van der Waals surface area contributed by atoms with Gasteiger partial charge in [-0.1, -0.05) is 12.8 Å². The Kier molecular flexibility index (Phi) is 8.31. The Morgan fingerprint density at radius 2 is 2.04 bits per heavy atom. The first kappa shape index (κ1) is 22.8. The Morgan fingerprint density at radius 3 is 2.78 bits per heavy atom. The third kappa shape index (κ3) is 6.00. The van der Waals surface area contributed by atoms with E-state index in [2.05, 4.69) is 9.76 Å². The van der Waals surface area contributed by atoms with Crippen molar-refractivity contribution in [2.45, 2.75) is 56.7 Å². The van der Waals surface area contributed by atoms with Crippen molar-refractivity contribution < 1.29 is 66.0 Å². The van der Waals surface area contributed by atoms with Crippen LogP contribution in [-0.4, -0.2) is 72.8 Å². The van der Waals surface area contributed by atoms with E-state index in [1.54, 1.807) is 0 Å². The number of hydrogen-bond acceptors (Lipinski definition) is 8. The summed E-state index contributed by atoms with van der Waals surface area (Å²) in [5.41, 5.74) is 2.33. The molecule has 1 N–H and O–H groups in total. The van der Waals surface area contributed by atoms with Gasteiger partial charge in [-0.05, 0) is 25.7 Å². The van der Waals surface area contributed by atoms with Crippen LogP contribution in [0.4, 0.5) is 4.79 Å². The van der Waals surface area contributed by atoms with Crippen LogP contribution in [0, 0.1) is 0 Å². The van der Waals surface area contributed by atoms with Gasteiger partial charge in [0.15, 0.2) is 0 Å². The molecule has 1 unspecified atom stereocenters. The molecule has 3 fully saturated rings. The maximum absolute atomic E-state index is 12.3. The van der Waals surface area contributed by atoms with Crippen LogP contribution >= 0.6 is 0 Å². The molecule has 27 heavy (non-hydrogen) atoms. The average Bonchev–Trinajstić information content (AvgIpc) is 2.78. The van der Waals surface area contributed by atoms with Gasteiger partial charge in [0.1, 0.15) is 12.6 Å². The zero-order valence-corrected chi connectivity index (χ0v) is 18.0. The number of ether oxygens (including phenoxy) is 1. The monoisotopic (exact) mass is 415 g/mol. The topological polar surface area (TPSA) is 138 Å². The number of amides is 3. The number of nitrogens with one attached hydrogen (secondary N) is 1. The summed E-state index contributed by atoms with van der Waals surface area (Å²) in [5, 5.41) is 0.538. The quantitative estimate of drug-likeness (QED) is 0.206. The predicted molar refractivity (Wildman–Crippen MR) is 83.8 cm³/mol. The number of fused-ring (bicyclic) bond motifs is 2. The molecule has 11 nitrogen and oxygen atoms in total. The van der Waals surface area contributed by atoms with E-state index in [9.17, 15) is 22.6 Å². The summed E-state index contributed by atoms with van der Waals surface area (Å²) >= 11 is 0. The molecule has 3 heterocycles. The Bertz CT molecular complexity index is 640. The van der Waals surface area contributed by atoms with Gasteiger partial charge in [-0.2, -0.15) is 9.35 Å². The fourth-order valence-corrected chi connectivity index (χ4v) is 3.87. The maximum atomic E-state index is 12.3. The Labute approximate surface area is 179 Å². The number of piperidine rings is 1. The van der Waals surface area contributed by atoms with E-state index in [1.165, 1.54) is 4.90 Å². The molecule has 148 valence electrons. The second-order valence-corrected chi connectivity index (χ2v) is 7.58. The second-order valence-electron chi connectivity index (χ2n) is 6.61. The summed E-state index contributed by atoms with van der Waals surface area (Å²) < 4.78 is 42.1. The summed E-state index contributed by atoms with van der Waals surface area (Å²) in [4.78, 5) is 31.0. The molecule has 3 atom stereocenters. The van der Waals surface area contributed by atoms with Gasteiger partial charge in [0, 0.05) is 13.2 Å². The van der Waals surface area contributed by atoms with Gasteiger partial charge in [-0.3, -0.25) is 9.63 Å². The molecule has 3 aliphatic heterocycles. The first-order chi connectivity index (χ1) is 12.3. The van der Waals surface area contributed by atoms with Crippen LogP contribution < -0.4 is 35.0 Å². The molecule has 2 bridgehead atoms. The van der Waals surface area contributed by atoms with Gasteiger partial charge in [-0.15, -0.1) is 0 Å². The summed E-state index contributed by atoms with van der Waals surface area (Å²) in [7, 11) is -5.06. The van der Waals surface area contributed by atoms with Crippen LogP contribution in [0.15, 0.2) is 0 Å². The van der Waals surface area contributed by atoms with E-state index in [0.717, 1.165) is 25.7 Å². The van der Waals surface area contributed by atoms with Gasteiger partial charge in [0.05, 0.1) is 12.1 Å². The molecule has 0 radical (unpaired) electrons. The molecule has 0 aromatic heterocycles. The van der Waals surface area contributed by atoms with E-state index in [0.29, 0.717) is 24.5 Å². The van der Waals surface area contributed by atoms with Gasteiger partial charge >= 0.3 is 35.6 Å². The molecule has 0 aromatic rings. The zero-order valence-electron chi connectivity index (χ0n) is 15.2. The number of hydroxylamine groups is 3. The molecule has 3 amide bonds. The van der Waals surface area contributed by atoms with E-state index in [-0.39, 0.29) is 48.8 Å². The summed E-state index contributed by atoms with van der Waals surface area (Å²) in [5.74, 6) is -0.503. The first-order valence-electron chi connectivity index (χ1n) is 8.63. The van der Waals surface area contributed by atoms with Crippen LogP contribution in [0.5, 0.6) is 0 Å². The molecule has 3 aliphatic rings. The van der Waals surface area contributed by atoms with Gasteiger partial charge in [0.25, 0.3) is 5.91 Å². The molecule has 3 saturated heterocycles. The van der Waals surface area contributed by atoms with Crippen molar-refractivity contribution in [1.29, 1.82) is 0 Å². The minimum Gasteiger partial charge on any atom is -0.724 e. The summed E-state index contributed by atoms with van der Waals surface area (Å²) in [6.07, 6.45) is 4.61. The average molecular weight is 415 g/mol. The Morgan fingerprint density at radius 1 is 1.26 bits per heavy atom. The molecular weight excluding hydrogens is 393 g/mol. The first-order valence-corrected chi connectivity index (χ1v) is 9.97. The number of nitrogens with zero attached hydrogens (tertiary/aromatic N) is 2. The third-order valence-electron chi connectivity index (χ3n) is 4.76. The van der Waals surface area contributed by atoms with Gasteiger partial charge in [0.2, 0.25) is 10.4 Å². The zero-order chi connectivity index (χ0) is 18.7.